The van der Waals surface area contributed by atoms with Gasteiger partial charge < -0.3 is 9.64 Å². The maximum absolute atomic E-state index is 12.6. The first-order chi connectivity index (χ1) is 11.2. The number of likely N-dealkylation sites (N-methyl/N-ethyl adjacent to an activating group) is 1. The summed E-state index contributed by atoms with van der Waals surface area (Å²) in [7, 11) is -3.08. The molecule has 2 unspecified atom stereocenters. The molecule has 0 bridgehead atoms. The lowest BCUT2D eigenvalue weighted by Gasteiger charge is -2.29. The first kappa shape index (κ1) is 19.2. The van der Waals surface area contributed by atoms with Crippen molar-refractivity contribution in [1.82, 2.24) is 4.90 Å². The van der Waals surface area contributed by atoms with Gasteiger partial charge in [0.15, 0.2) is 15.9 Å². The molecule has 1 aromatic rings. The van der Waals surface area contributed by atoms with Crippen LogP contribution >= 0.6 is 22.6 Å². The lowest BCUT2D eigenvalue weighted by Crippen LogP contribution is -2.46. The first-order valence-corrected chi connectivity index (χ1v) is 10.6. The number of nitrogens with zero attached hydrogens (tertiary/aromatic N) is 1. The second-order valence-electron chi connectivity index (χ2n) is 5.74. The smallest absolute Gasteiger partial charge is 0.338 e. The number of benzene rings is 1. The van der Waals surface area contributed by atoms with Crippen LogP contribution in [0.2, 0.25) is 0 Å². The molecule has 1 amide bonds. The van der Waals surface area contributed by atoms with Gasteiger partial charge >= 0.3 is 5.97 Å². The standard InChI is InChI=1S/C16H20INO5S/c1-3-18(14-7-8-24(21,22)10-14)15(19)11(2)23-16(20)12-5-4-6-13(17)9-12/h4-6,9,11,14H,3,7-8,10H2,1-2H3. The Labute approximate surface area is 155 Å². The highest BCUT2D eigenvalue weighted by Crippen LogP contribution is 2.19. The zero-order valence-electron chi connectivity index (χ0n) is 13.6. The molecule has 6 nitrogen and oxygen atoms in total. The Morgan fingerprint density at radius 3 is 2.67 bits per heavy atom. The SMILES string of the molecule is CCN(C(=O)C(C)OC(=O)c1cccc(I)c1)C1CCS(=O)(=O)C1. The summed E-state index contributed by atoms with van der Waals surface area (Å²) in [4.78, 5) is 26.2. The molecule has 1 fully saturated rings. The van der Waals surface area contributed by atoms with Crippen LogP contribution in [-0.2, 0) is 19.4 Å². The second kappa shape index (κ2) is 7.81. The van der Waals surface area contributed by atoms with Crippen LogP contribution < -0.4 is 0 Å². The van der Waals surface area contributed by atoms with Crippen molar-refractivity contribution in [1.29, 1.82) is 0 Å². The molecule has 0 spiro atoms. The van der Waals surface area contributed by atoms with Crippen molar-refractivity contribution in [2.75, 3.05) is 18.1 Å². The van der Waals surface area contributed by atoms with Crippen LogP contribution in [0.15, 0.2) is 24.3 Å². The Bertz CT molecular complexity index is 734. The van der Waals surface area contributed by atoms with Gasteiger partial charge in [-0.05, 0) is 61.1 Å². The van der Waals surface area contributed by atoms with E-state index in [-0.39, 0.29) is 23.5 Å². The van der Waals surface area contributed by atoms with Gasteiger partial charge in [-0.1, -0.05) is 6.07 Å². The van der Waals surface area contributed by atoms with Gasteiger partial charge in [-0.25, -0.2) is 13.2 Å². The summed E-state index contributed by atoms with van der Waals surface area (Å²) in [6.07, 6.45) is -0.530. The molecular weight excluding hydrogens is 445 g/mol. The molecule has 2 rings (SSSR count). The van der Waals surface area contributed by atoms with Gasteiger partial charge in [0.1, 0.15) is 0 Å². The predicted octanol–water partition coefficient (Wildman–Crippen LogP) is 1.87. The fraction of sp³-hybridized carbons (Fsp3) is 0.500. The molecule has 8 heteroatoms. The molecule has 1 aliphatic heterocycles. The average molecular weight is 465 g/mol. The zero-order chi connectivity index (χ0) is 17.9. The van der Waals surface area contributed by atoms with Crippen molar-refractivity contribution in [3.05, 3.63) is 33.4 Å². The third kappa shape index (κ3) is 4.69. The minimum Gasteiger partial charge on any atom is -0.449 e. The maximum atomic E-state index is 12.6. The Balaban J connectivity index is 2.03. The Kier molecular flexibility index (Phi) is 6.24. The minimum absolute atomic E-state index is 0.0237. The Morgan fingerprint density at radius 2 is 2.12 bits per heavy atom. The van der Waals surface area contributed by atoms with Gasteiger partial charge in [-0.15, -0.1) is 0 Å². The van der Waals surface area contributed by atoms with Crippen molar-refractivity contribution in [2.24, 2.45) is 0 Å². The number of halogens is 1. The van der Waals surface area contributed by atoms with E-state index < -0.39 is 21.9 Å². The van der Waals surface area contributed by atoms with E-state index in [0.29, 0.717) is 18.5 Å². The molecule has 0 N–H and O–H groups in total. The second-order valence-corrected chi connectivity index (χ2v) is 9.21. The number of sulfone groups is 1. The quantitative estimate of drug-likeness (QED) is 0.490. The third-order valence-electron chi connectivity index (χ3n) is 3.96. The predicted molar refractivity (Wildman–Crippen MR) is 98.5 cm³/mol. The molecule has 1 aromatic carbocycles. The summed E-state index contributed by atoms with van der Waals surface area (Å²) in [5.41, 5.74) is 0.382. The van der Waals surface area contributed by atoms with Crippen molar-refractivity contribution < 1.29 is 22.7 Å². The molecule has 0 radical (unpaired) electrons. The highest BCUT2D eigenvalue weighted by atomic mass is 127. The number of esters is 1. The molecule has 2 atom stereocenters. The van der Waals surface area contributed by atoms with E-state index >= 15 is 0 Å². The van der Waals surface area contributed by atoms with E-state index in [1.54, 1.807) is 25.1 Å². The number of ether oxygens (including phenoxy) is 1. The topological polar surface area (TPSA) is 80.8 Å². The van der Waals surface area contributed by atoms with Crippen LogP contribution in [0.1, 0.15) is 30.6 Å². The summed E-state index contributed by atoms with van der Waals surface area (Å²) >= 11 is 2.09. The van der Waals surface area contributed by atoms with Crippen LogP contribution in [0.4, 0.5) is 0 Å². The van der Waals surface area contributed by atoms with Crippen LogP contribution in [0.3, 0.4) is 0 Å². The van der Waals surface area contributed by atoms with Crippen LogP contribution in [0.25, 0.3) is 0 Å². The van der Waals surface area contributed by atoms with Crippen molar-refractivity contribution in [3.63, 3.8) is 0 Å². The lowest BCUT2D eigenvalue weighted by molar-refractivity contribution is -0.141. The monoisotopic (exact) mass is 465 g/mol. The van der Waals surface area contributed by atoms with Crippen molar-refractivity contribution in [3.8, 4) is 0 Å². The summed E-state index contributed by atoms with van der Waals surface area (Å²) in [6.45, 7) is 3.68. The summed E-state index contributed by atoms with van der Waals surface area (Å²) < 4.78 is 29.4. The van der Waals surface area contributed by atoms with Crippen LogP contribution in [-0.4, -0.2) is 55.4 Å². The molecule has 1 heterocycles. The summed E-state index contributed by atoms with van der Waals surface area (Å²) in [5.74, 6) is -0.856. The number of rotatable bonds is 5. The zero-order valence-corrected chi connectivity index (χ0v) is 16.5. The van der Waals surface area contributed by atoms with Crippen LogP contribution in [0, 0.1) is 3.57 Å². The first-order valence-electron chi connectivity index (χ1n) is 7.71. The van der Waals surface area contributed by atoms with Crippen LogP contribution in [0.5, 0.6) is 0 Å². The van der Waals surface area contributed by atoms with Gasteiger partial charge in [-0.2, -0.15) is 0 Å². The van der Waals surface area contributed by atoms with E-state index in [9.17, 15) is 18.0 Å². The van der Waals surface area contributed by atoms with Crippen molar-refractivity contribution >= 4 is 44.3 Å². The highest BCUT2D eigenvalue weighted by Gasteiger charge is 2.36. The summed E-state index contributed by atoms with van der Waals surface area (Å²) in [6, 6.07) is 6.56. The Hall–Kier alpha value is -1.16. The van der Waals surface area contributed by atoms with Gasteiger partial charge in [0.25, 0.3) is 5.91 Å². The molecule has 0 aliphatic carbocycles. The number of hydrogen-bond acceptors (Lipinski definition) is 5. The van der Waals surface area contributed by atoms with E-state index in [0.717, 1.165) is 3.57 Å². The fourth-order valence-electron chi connectivity index (χ4n) is 2.74. The fourth-order valence-corrected chi connectivity index (χ4v) is 5.02. The summed E-state index contributed by atoms with van der Waals surface area (Å²) in [5, 5.41) is 0. The van der Waals surface area contributed by atoms with E-state index in [1.165, 1.54) is 11.8 Å². The van der Waals surface area contributed by atoms with Crippen molar-refractivity contribution in [2.45, 2.75) is 32.4 Å². The van der Waals surface area contributed by atoms with E-state index in [4.69, 9.17) is 4.74 Å². The minimum atomic E-state index is -3.08. The maximum Gasteiger partial charge on any atom is 0.338 e. The van der Waals surface area contributed by atoms with Gasteiger partial charge in [0.2, 0.25) is 0 Å². The van der Waals surface area contributed by atoms with Gasteiger partial charge in [0.05, 0.1) is 17.1 Å². The molecule has 1 saturated heterocycles. The Morgan fingerprint density at radius 1 is 1.42 bits per heavy atom. The normalized spacial score (nSPS) is 20.4. The number of hydrogen-bond donors (Lipinski definition) is 0. The van der Waals surface area contributed by atoms with E-state index in [1.807, 2.05) is 6.07 Å². The molecule has 0 saturated carbocycles. The third-order valence-corrected chi connectivity index (χ3v) is 6.39. The highest BCUT2D eigenvalue weighted by molar-refractivity contribution is 14.1. The number of carbonyl (C=O) groups excluding carboxylic acids is 2. The molecular formula is C16H20INO5S. The molecule has 0 aromatic heterocycles. The number of amides is 1. The number of carbonyl (C=O) groups is 2. The van der Waals surface area contributed by atoms with E-state index in [2.05, 4.69) is 22.6 Å². The lowest BCUT2D eigenvalue weighted by atomic mass is 10.2. The molecule has 132 valence electrons. The average Bonchev–Trinajstić information content (AvgIpc) is 2.87. The molecule has 24 heavy (non-hydrogen) atoms. The largest absolute Gasteiger partial charge is 0.449 e. The molecule has 1 aliphatic rings. The van der Waals surface area contributed by atoms with Gasteiger partial charge in [0, 0.05) is 16.2 Å². The van der Waals surface area contributed by atoms with Gasteiger partial charge in [-0.3, -0.25) is 4.79 Å².